The van der Waals surface area contributed by atoms with Crippen LogP contribution in [0.3, 0.4) is 0 Å². The maximum atomic E-state index is 9.52. The van der Waals surface area contributed by atoms with Crippen molar-refractivity contribution in [3.8, 4) is 0 Å². The smallest absolute Gasteiger partial charge is 0.122 e. The summed E-state index contributed by atoms with van der Waals surface area (Å²) in [5, 5.41) is 22.0. The Morgan fingerprint density at radius 2 is 2.29 bits per heavy atom. The number of rotatable bonds is 4. The molecule has 0 saturated heterocycles. The Morgan fingerprint density at radius 3 is 2.86 bits per heavy atom. The van der Waals surface area contributed by atoms with Crippen LogP contribution in [0.1, 0.15) is 11.8 Å². The third-order valence-corrected chi connectivity index (χ3v) is 1.69. The fraction of sp³-hybridized carbons (Fsp3) is 0.375. The molecule has 2 atom stereocenters. The predicted molar refractivity (Wildman–Crippen MR) is 49.2 cm³/mol. The summed E-state index contributed by atoms with van der Waals surface area (Å²) in [7, 11) is 0. The van der Waals surface area contributed by atoms with Gasteiger partial charge in [0, 0.05) is 11.1 Å². The van der Waals surface area contributed by atoms with Crippen molar-refractivity contribution in [2.24, 2.45) is 5.11 Å². The summed E-state index contributed by atoms with van der Waals surface area (Å²) in [4.78, 5) is 6.35. The van der Waals surface area contributed by atoms with Crippen LogP contribution in [0.5, 0.6) is 0 Å². The summed E-state index contributed by atoms with van der Waals surface area (Å²) in [6.45, 7) is -0.172. The second-order valence-corrected chi connectivity index (χ2v) is 2.68. The molecular weight excluding hydrogens is 184 g/mol. The van der Waals surface area contributed by atoms with E-state index in [1.54, 1.807) is 18.2 Å². The molecule has 0 aliphatic heterocycles. The zero-order chi connectivity index (χ0) is 10.4. The maximum absolute atomic E-state index is 9.52. The highest BCUT2D eigenvalue weighted by Crippen LogP contribution is 2.13. The van der Waals surface area contributed by atoms with Gasteiger partial charge in [-0.15, -0.1) is 0 Å². The van der Waals surface area contributed by atoms with Gasteiger partial charge in [0.2, 0.25) is 0 Å². The second-order valence-electron chi connectivity index (χ2n) is 2.68. The summed E-state index contributed by atoms with van der Waals surface area (Å²) < 4.78 is 0. The predicted octanol–water partition coefficient (Wildman–Crippen LogP) is 0.786. The normalized spacial score (nSPS) is 14.1. The highest BCUT2D eigenvalue weighted by atomic mass is 16.3. The molecule has 74 valence electrons. The standard InChI is InChI=1S/C8H10N4O2/c9-12-11-5-7(13)8(14)6-3-1-2-4-10-6/h1-4,7-8,13-14H,5H2. The molecule has 1 rings (SSSR count). The molecule has 0 amide bonds. The first-order valence-electron chi connectivity index (χ1n) is 4.03. The van der Waals surface area contributed by atoms with E-state index >= 15 is 0 Å². The summed E-state index contributed by atoms with van der Waals surface area (Å²) in [5.41, 5.74) is 8.37. The zero-order valence-corrected chi connectivity index (χ0v) is 7.35. The molecule has 1 aromatic heterocycles. The van der Waals surface area contributed by atoms with Gasteiger partial charge in [0.1, 0.15) is 6.10 Å². The van der Waals surface area contributed by atoms with Crippen LogP contribution >= 0.6 is 0 Å². The molecule has 1 aromatic rings. The topological polar surface area (TPSA) is 102 Å². The van der Waals surface area contributed by atoms with Gasteiger partial charge in [0.05, 0.1) is 18.3 Å². The van der Waals surface area contributed by atoms with Crippen molar-refractivity contribution in [2.45, 2.75) is 12.2 Å². The van der Waals surface area contributed by atoms with Crippen molar-refractivity contribution < 1.29 is 10.2 Å². The Labute approximate surface area is 80.5 Å². The molecule has 6 heteroatoms. The molecule has 1 heterocycles. The Bertz CT molecular complexity index is 323. The van der Waals surface area contributed by atoms with Crippen LogP contribution in [0.2, 0.25) is 0 Å². The second kappa shape index (κ2) is 5.18. The fourth-order valence-corrected chi connectivity index (χ4v) is 0.968. The molecule has 0 radical (unpaired) electrons. The Morgan fingerprint density at radius 1 is 1.50 bits per heavy atom. The summed E-state index contributed by atoms with van der Waals surface area (Å²) >= 11 is 0. The van der Waals surface area contributed by atoms with Crippen LogP contribution < -0.4 is 0 Å². The Balaban J connectivity index is 2.65. The van der Waals surface area contributed by atoms with Gasteiger partial charge in [-0.25, -0.2) is 0 Å². The summed E-state index contributed by atoms with van der Waals surface area (Å²) in [6.07, 6.45) is -0.735. The molecule has 0 spiro atoms. The quantitative estimate of drug-likeness (QED) is 0.420. The van der Waals surface area contributed by atoms with E-state index in [1.807, 2.05) is 0 Å². The molecule has 0 aromatic carbocycles. The number of hydrogen-bond acceptors (Lipinski definition) is 4. The molecule has 0 aliphatic carbocycles. The maximum Gasteiger partial charge on any atom is 0.122 e. The van der Waals surface area contributed by atoms with Crippen molar-refractivity contribution >= 4 is 0 Å². The molecule has 2 N–H and O–H groups in total. The van der Waals surface area contributed by atoms with Crippen LogP contribution in [0.25, 0.3) is 10.4 Å². The highest BCUT2D eigenvalue weighted by molar-refractivity contribution is 5.08. The summed E-state index contributed by atoms with van der Waals surface area (Å²) in [6, 6.07) is 4.99. The number of hydrogen-bond donors (Lipinski definition) is 2. The van der Waals surface area contributed by atoms with Gasteiger partial charge in [0.25, 0.3) is 0 Å². The van der Waals surface area contributed by atoms with Gasteiger partial charge in [0.15, 0.2) is 0 Å². The van der Waals surface area contributed by atoms with Crippen molar-refractivity contribution in [3.05, 3.63) is 40.5 Å². The lowest BCUT2D eigenvalue weighted by Gasteiger charge is -2.14. The number of aliphatic hydroxyl groups excluding tert-OH is 2. The lowest BCUT2D eigenvalue weighted by Crippen LogP contribution is -2.21. The molecular formula is C8H10N4O2. The molecule has 0 fully saturated rings. The van der Waals surface area contributed by atoms with E-state index in [-0.39, 0.29) is 6.54 Å². The molecule has 0 aliphatic rings. The molecule has 0 bridgehead atoms. The van der Waals surface area contributed by atoms with E-state index in [4.69, 9.17) is 5.53 Å². The van der Waals surface area contributed by atoms with Gasteiger partial charge < -0.3 is 10.2 Å². The first kappa shape index (κ1) is 10.5. The van der Waals surface area contributed by atoms with Gasteiger partial charge in [-0.1, -0.05) is 11.2 Å². The first-order valence-corrected chi connectivity index (χ1v) is 4.03. The van der Waals surface area contributed by atoms with Crippen LogP contribution in [-0.4, -0.2) is 27.8 Å². The van der Waals surface area contributed by atoms with Gasteiger partial charge in [-0.3, -0.25) is 4.98 Å². The monoisotopic (exact) mass is 194 g/mol. The SMILES string of the molecule is [N-]=[N+]=NCC(O)C(O)c1ccccn1. The van der Waals surface area contributed by atoms with Gasteiger partial charge >= 0.3 is 0 Å². The van der Waals surface area contributed by atoms with Crippen LogP contribution in [0.15, 0.2) is 29.5 Å². The van der Waals surface area contributed by atoms with E-state index in [2.05, 4.69) is 15.0 Å². The van der Waals surface area contributed by atoms with E-state index in [0.29, 0.717) is 5.69 Å². The number of aliphatic hydroxyl groups is 2. The lowest BCUT2D eigenvalue weighted by atomic mass is 10.1. The average Bonchev–Trinajstić information content (AvgIpc) is 2.26. The number of azide groups is 1. The average molecular weight is 194 g/mol. The summed E-state index contributed by atoms with van der Waals surface area (Å²) in [5.74, 6) is 0. The molecule has 0 saturated carbocycles. The minimum Gasteiger partial charge on any atom is -0.390 e. The minimum atomic E-state index is -1.12. The van der Waals surface area contributed by atoms with E-state index in [0.717, 1.165) is 0 Å². The van der Waals surface area contributed by atoms with Crippen molar-refractivity contribution in [2.75, 3.05) is 6.54 Å². The molecule has 6 nitrogen and oxygen atoms in total. The van der Waals surface area contributed by atoms with Crippen LogP contribution in [0.4, 0.5) is 0 Å². The van der Waals surface area contributed by atoms with Crippen molar-refractivity contribution in [1.82, 2.24) is 4.98 Å². The third-order valence-electron chi connectivity index (χ3n) is 1.69. The van der Waals surface area contributed by atoms with E-state index in [1.165, 1.54) is 6.20 Å². The van der Waals surface area contributed by atoms with Crippen molar-refractivity contribution in [1.29, 1.82) is 0 Å². The lowest BCUT2D eigenvalue weighted by molar-refractivity contribution is 0.0218. The van der Waals surface area contributed by atoms with Gasteiger partial charge in [-0.05, 0) is 17.7 Å². The molecule has 14 heavy (non-hydrogen) atoms. The number of aromatic nitrogens is 1. The number of pyridine rings is 1. The number of nitrogens with zero attached hydrogens (tertiary/aromatic N) is 4. The van der Waals surface area contributed by atoms with Crippen LogP contribution in [-0.2, 0) is 0 Å². The van der Waals surface area contributed by atoms with E-state index in [9.17, 15) is 10.2 Å². The minimum absolute atomic E-state index is 0.172. The highest BCUT2D eigenvalue weighted by Gasteiger charge is 2.17. The first-order chi connectivity index (χ1) is 6.75. The Kier molecular flexibility index (Phi) is 3.87. The van der Waals surface area contributed by atoms with Crippen LogP contribution in [0, 0.1) is 0 Å². The largest absolute Gasteiger partial charge is 0.390 e. The zero-order valence-electron chi connectivity index (χ0n) is 7.35. The fourth-order valence-electron chi connectivity index (χ4n) is 0.968. The van der Waals surface area contributed by atoms with Crippen molar-refractivity contribution in [3.63, 3.8) is 0 Å². The van der Waals surface area contributed by atoms with Gasteiger partial charge in [-0.2, -0.15) is 0 Å². The molecule has 2 unspecified atom stereocenters. The Hall–Kier alpha value is -1.62. The third kappa shape index (κ3) is 2.70. The van der Waals surface area contributed by atoms with E-state index < -0.39 is 12.2 Å².